The van der Waals surface area contributed by atoms with Gasteiger partial charge in [0.1, 0.15) is 28.5 Å². The van der Waals surface area contributed by atoms with E-state index in [9.17, 15) is 27.6 Å². The van der Waals surface area contributed by atoms with Crippen molar-refractivity contribution in [2.24, 2.45) is 0 Å². The molecule has 194 valence electrons. The Hall–Kier alpha value is -3.65. The van der Waals surface area contributed by atoms with Gasteiger partial charge in [-0.3, -0.25) is 14.4 Å². The van der Waals surface area contributed by atoms with Gasteiger partial charge in [0.05, 0.1) is 28.3 Å². The number of ketones is 1. The molecule has 0 radical (unpaired) electrons. The number of aromatic nitrogens is 4. The fourth-order valence-electron chi connectivity index (χ4n) is 3.50. The Kier molecular flexibility index (Phi) is 7.68. The summed E-state index contributed by atoms with van der Waals surface area (Å²) in [4.78, 5) is 55.0. The molecule has 1 atom stereocenters. The van der Waals surface area contributed by atoms with Gasteiger partial charge in [0.15, 0.2) is 5.78 Å². The van der Waals surface area contributed by atoms with Gasteiger partial charge in [0, 0.05) is 37.7 Å². The minimum Gasteiger partial charge on any atom is -0.353 e. The molecule has 4 heterocycles. The number of pyridine rings is 1. The predicted octanol–water partition coefficient (Wildman–Crippen LogP) is 3.57. The lowest BCUT2D eigenvalue weighted by atomic mass is 10.0. The smallest absolute Gasteiger partial charge is 0.353 e. The van der Waals surface area contributed by atoms with Crippen LogP contribution in [0.2, 0.25) is 5.02 Å². The lowest BCUT2D eigenvalue weighted by Crippen LogP contribution is -2.48. The van der Waals surface area contributed by atoms with Gasteiger partial charge in [-0.25, -0.2) is 19.9 Å². The van der Waals surface area contributed by atoms with Crippen LogP contribution < -0.4 is 15.5 Å². The second kappa shape index (κ2) is 10.8. The average Bonchev–Trinajstić information content (AvgIpc) is 3.35. The second-order valence-electron chi connectivity index (χ2n) is 8.13. The molecular weight excluding hydrogens is 535 g/mol. The predicted molar refractivity (Wildman–Crippen MR) is 129 cm³/mol. The van der Waals surface area contributed by atoms with Crippen molar-refractivity contribution in [2.75, 3.05) is 29.9 Å². The molecule has 15 heteroatoms. The van der Waals surface area contributed by atoms with Crippen molar-refractivity contribution in [1.29, 1.82) is 0 Å². The number of hydrogen-bond acceptors (Lipinski definition) is 9. The zero-order chi connectivity index (χ0) is 26.7. The lowest BCUT2D eigenvalue weighted by Gasteiger charge is -2.27. The SMILES string of the molecule is CC(CC(=O)c1cc(N2CCNC(=O)C2)ncn1)c1ncc(C(=O)Nc2cc(C(F)(F)F)c(Cl)cn2)s1. The van der Waals surface area contributed by atoms with Gasteiger partial charge in [-0.15, -0.1) is 11.3 Å². The van der Waals surface area contributed by atoms with Gasteiger partial charge in [-0.1, -0.05) is 18.5 Å². The van der Waals surface area contributed by atoms with Crippen molar-refractivity contribution in [2.45, 2.75) is 25.4 Å². The fraction of sp³-hybridized carbons (Fsp3) is 0.318. The summed E-state index contributed by atoms with van der Waals surface area (Å²) < 4.78 is 39.2. The Labute approximate surface area is 217 Å². The van der Waals surface area contributed by atoms with Crippen LogP contribution in [0, 0.1) is 0 Å². The summed E-state index contributed by atoms with van der Waals surface area (Å²) in [6.45, 7) is 2.92. The molecule has 0 aliphatic carbocycles. The van der Waals surface area contributed by atoms with Gasteiger partial charge < -0.3 is 15.5 Å². The van der Waals surface area contributed by atoms with Crippen molar-refractivity contribution in [3.8, 4) is 0 Å². The van der Waals surface area contributed by atoms with Gasteiger partial charge >= 0.3 is 6.18 Å². The largest absolute Gasteiger partial charge is 0.418 e. The molecule has 1 unspecified atom stereocenters. The summed E-state index contributed by atoms with van der Waals surface area (Å²) in [5, 5.41) is 4.92. The third-order valence-electron chi connectivity index (χ3n) is 5.36. The summed E-state index contributed by atoms with van der Waals surface area (Å²) in [6.07, 6.45) is -1.31. The molecule has 37 heavy (non-hydrogen) atoms. The molecule has 2 amide bonds. The number of rotatable bonds is 7. The van der Waals surface area contributed by atoms with Crippen molar-refractivity contribution < 1.29 is 27.6 Å². The van der Waals surface area contributed by atoms with Crippen LogP contribution in [0.15, 0.2) is 30.9 Å². The number of anilines is 2. The van der Waals surface area contributed by atoms with E-state index >= 15 is 0 Å². The zero-order valence-electron chi connectivity index (χ0n) is 19.2. The van der Waals surface area contributed by atoms with E-state index in [1.54, 1.807) is 11.8 Å². The van der Waals surface area contributed by atoms with E-state index < -0.39 is 22.7 Å². The van der Waals surface area contributed by atoms with E-state index in [4.69, 9.17) is 11.6 Å². The lowest BCUT2D eigenvalue weighted by molar-refractivity contribution is -0.137. The Bertz CT molecular complexity index is 1350. The quantitative estimate of drug-likeness (QED) is 0.425. The number of nitrogens with zero attached hydrogens (tertiary/aromatic N) is 5. The number of piperazine rings is 1. The van der Waals surface area contributed by atoms with Crippen LogP contribution in [-0.4, -0.2) is 57.2 Å². The molecular formula is C22H19ClF3N7O3S. The van der Waals surface area contributed by atoms with Crippen molar-refractivity contribution in [3.05, 3.63) is 57.0 Å². The molecule has 4 rings (SSSR count). The summed E-state index contributed by atoms with van der Waals surface area (Å²) >= 11 is 6.56. The van der Waals surface area contributed by atoms with Gasteiger partial charge in [-0.2, -0.15) is 13.2 Å². The highest BCUT2D eigenvalue weighted by atomic mass is 35.5. The van der Waals surface area contributed by atoms with E-state index in [0.29, 0.717) is 30.0 Å². The first-order valence-corrected chi connectivity index (χ1v) is 12.1. The molecule has 3 aromatic rings. The maximum atomic E-state index is 13.1. The molecule has 1 aliphatic heterocycles. The molecule has 1 saturated heterocycles. The maximum Gasteiger partial charge on any atom is 0.418 e. The van der Waals surface area contributed by atoms with E-state index in [1.807, 2.05) is 0 Å². The van der Waals surface area contributed by atoms with Crippen molar-refractivity contribution in [3.63, 3.8) is 0 Å². The Balaban J connectivity index is 1.40. The van der Waals surface area contributed by atoms with Crippen LogP contribution in [0.1, 0.15) is 50.0 Å². The Morgan fingerprint density at radius 2 is 2.00 bits per heavy atom. The number of halogens is 4. The summed E-state index contributed by atoms with van der Waals surface area (Å²) in [5.41, 5.74) is -0.931. The van der Waals surface area contributed by atoms with Gasteiger partial charge in [0.2, 0.25) is 5.91 Å². The third kappa shape index (κ3) is 6.38. The molecule has 1 fully saturated rings. The van der Waals surface area contributed by atoms with Crippen LogP contribution >= 0.6 is 22.9 Å². The maximum absolute atomic E-state index is 13.1. The van der Waals surface area contributed by atoms with E-state index in [0.717, 1.165) is 17.5 Å². The molecule has 3 aromatic heterocycles. The zero-order valence-corrected chi connectivity index (χ0v) is 20.7. The number of amides is 2. The summed E-state index contributed by atoms with van der Waals surface area (Å²) in [7, 11) is 0. The van der Waals surface area contributed by atoms with Crippen LogP contribution in [-0.2, 0) is 11.0 Å². The normalized spacial score (nSPS) is 14.7. The molecule has 0 bridgehead atoms. The van der Waals surface area contributed by atoms with E-state index in [1.165, 1.54) is 18.6 Å². The average molecular weight is 554 g/mol. The van der Waals surface area contributed by atoms with Gasteiger partial charge in [-0.05, 0) is 6.07 Å². The first-order valence-electron chi connectivity index (χ1n) is 10.9. The second-order valence-corrected chi connectivity index (χ2v) is 9.59. The molecule has 0 saturated carbocycles. The molecule has 10 nitrogen and oxygen atoms in total. The van der Waals surface area contributed by atoms with Crippen molar-refractivity contribution in [1.82, 2.24) is 25.3 Å². The first kappa shape index (κ1) is 26.4. The van der Waals surface area contributed by atoms with Crippen LogP contribution in [0.4, 0.5) is 24.8 Å². The molecule has 0 aromatic carbocycles. The number of nitrogens with one attached hydrogen (secondary N) is 2. The van der Waals surface area contributed by atoms with Crippen LogP contribution in [0.25, 0.3) is 0 Å². The van der Waals surface area contributed by atoms with Crippen LogP contribution in [0.3, 0.4) is 0 Å². The number of hydrogen-bond donors (Lipinski definition) is 2. The third-order valence-corrected chi connectivity index (χ3v) is 6.89. The standard InChI is InChI=1S/C22H19ClF3N7O3S/c1-11(4-15(34)14-6-18(31-10-30-14)33-3-2-27-19(35)9-33)21-29-8-16(37-21)20(36)32-17-5-12(22(24,25)26)13(23)7-28-17/h5-8,10-11H,2-4,9H2,1H3,(H,27,35)(H,28,32,36). The fourth-order valence-corrected chi connectivity index (χ4v) is 4.57. The number of Topliss-reactive ketones (excluding diaryl/α,β-unsaturated/α-hetero) is 1. The molecule has 2 N–H and O–H groups in total. The minimum atomic E-state index is -4.70. The number of thiazole rings is 1. The number of carbonyl (C=O) groups is 3. The topological polar surface area (TPSA) is 130 Å². The molecule has 1 aliphatic rings. The monoisotopic (exact) mass is 553 g/mol. The van der Waals surface area contributed by atoms with Crippen LogP contribution in [0.5, 0.6) is 0 Å². The molecule has 0 spiro atoms. The first-order chi connectivity index (χ1) is 17.5. The minimum absolute atomic E-state index is 0.0409. The van der Waals surface area contributed by atoms with Gasteiger partial charge in [0.25, 0.3) is 5.91 Å². The number of alkyl halides is 3. The number of carbonyl (C=O) groups excluding carboxylic acids is 3. The highest BCUT2D eigenvalue weighted by Crippen LogP contribution is 2.35. The highest BCUT2D eigenvalue weighted by Gasteiger charge is 2.34. The Morgan fingerprint density at radius 3 is 2.73 bits per heavy atom. The van der Waals surface area contributed by atoms with Crippen molar-refractivity contribution >= 4 is 52.2 Å². The summed E-state index contributed by atoms with van der Waals surface area (Å²) in [6, 6.07) is 2.18. The Morgan fingerprint density at radius 1 is 1.22 bits per heavy atom. The van der Waals surface area contributed by atoms with E-state index in [-0.39, 0.29) is 47.0 Å². The summed E-state index contributed by atoms with van der Waals surface area (Å²) in [5.74, 6) is -1.32. The van der Waals surface area contributed by atoms with E-state index in [2.05, 4.69) is 30.6 Å². The highest BCUT2D eigenvalue weighted by molar-refractivity contribution is 7.13.